The van der Waals surface area contributed by atoms with Crippen molar-refractivity contribution in [1.29, 1.82) is 0 Å². The lowest BCUT2D eigenvalue weighted by Crippen LogP contribution is -2.23. The first kappa shape index (κ1) is 17.5. The molecule has 1 aliphatic rings. The molecule has 27 heavy (non-hydrogen) atoms. The molecule has 0 radical (unpaired) electrons. The van der Waals surface area contributed by atoms with E-state index >= 15 is 0 Å². The number of anilines is 1. The fourth-order valence-electron chi connectivity index (χ4n) is 3.93. The van der Waals surface area contributed by atoms with Gasteiger partial charge in [-0.25, -0.2) is 4.98 Å². The summed E-state index contributed by atoms with van der Waals surface area (Å²) in [5.41, 5.74) is 16.7. The molecule has 142 valence electrons. The molecule has 0 spiro atoms. The summed E-state index contributed by atoms with van der Waals surface area (Å²) in [5.74, 6) is 0.670. The van der Waals surface area contributed by atoms with Crippen LogP contribution in [-0.4, -0.2) is 38.8 Å². The van der Waals surface area contributed by atoms with Gasteiger partial charge >= 0.3 is 0 Å². The molecule has 9 heteroatoms. The number of imidazole rings is 1. The summed E-state index contributed by atoms with van der Waals surface area (Å²) in [5, 5.41) is 12.0. The highest BCUT2D eigenvalue weighted by atomic mass is 16.5. The van der Waals surface area contributed by atoms with E-state index in [0.29, 0.717) is 46.3 Å². The molecule has 5 N–H and O–H groups in total. The maximum Gasteiger partial charge on any atom is 0.251 e. The van der Waals surface area contributed by atoms with Crippen molar-refractivity contribution in [3.63, 3.8) is 0 Å². The van der Waals surface area contributed by atoms with Crippen molar-refractivity contribution in [1.82, 2.24) is 25.1 Å². The number of primary amides is 1. The van der Waals surface area contributed by atoms with Gasteiger partial charge in [0, 0.05) is 18.0 Å². The van der Waals surface area contributed by atoms with Gasteiger partial charge in [-0.15, -0.1) is 0 Å². The molecule has 3 aromatic rings. The number of nitrogen functional groups attached to an aromatic ring is 1. The number of rotatable bonds is 4. The van der Waals surface area contributed by atoms with Crippen molar-refractivity contribution >= 4 is 17.4 Å². The molecule has 1 aliphatic heterocycles. The van der Waals surface area contributed by atoms with Crippen LogP contribution in [0.2, 0.25) is 0 Å². The molecular formula is C18H23N7O2. The quantitative estimate of drug-likeness (QED) is 0.630. The van der Waals surface area contributed by atoms with E-state index in [2.05, 4.69) is 10.5 Å². The van der Waals surface area contributed by atoms with Crippen LogP contribution in [0.4, 0.5) is 5.82 Å². The first-order valence-electron chi connectivity index (χ1n) is 9.08. The van der Waals surface area contributed by atoms with Crippen LogP contribution in [0.3, 0.4) is 0 Å². The smallest absolute Gasteiger partial charge is 0.251 e. The predicted molar refractivity (Wildman–Crippen MR) is 100 cm³/mol. The topological polar surface area (TPSA) is 137 Å². The third kappa shape index (κ3) is 2.57. The molecule has 1 amide bonds. The van der Waals surface area contributed by atoms with Crippen LogP contribution in [0.1, 0.15) is 52.3 Å². The molecule has 0 saturated carbocycles. The van der Waals surface area contributed by atoms with Gasteiger partial charge in [0.25, 0.3) is 5.91 Å². The van der Waals surface area contributed by atoms with Gasteiger partial charge < -0.3 is 21.3 Å². The zero-order chi connectivity index (χ0) is 19.3. The number of fused-ring (bicyclic) bond motifs is 1. The minimum Gasteiger partial charge on any atom is -0.382 e. The Kier molecular flexibility index (Phi) is 4.11. The van der Waals surface area contributed by atoms with Crippen LogP contribution in [0, 0.1) is 13.8 Å². The van der Waals surface area contributed by atoms with Crippen molar-refractivity contribution in [2.75, 3.05) is 18.8 Å². The SMILES string of the molecule is CCc1c(C(N)=O)c(C2CCNC2)nn2c(N)c(-c3c(C)noc3C)nc12. The molecule has 1 fully saturated rings. The monoisotopic (exact) mass is 369 g/mol. The predicted octanol–water partition coefficient (Wildman–Crippen LogP) is 1.32. The van der Waals surface area contributed by atoms with E-state index in [4.69, 9.17) is 26.1 Å². The van der Waals surface area contributed by atoms with E-state index in [1.165, 1.54) is 0 Å². The Balaban J connectivity index is 2.05. The van der Waals surface area contributed by atoms with E-state index in [9.17, 15) is 4.79 Å². The van der Waals surface area contributed by atoms with Gasteiger partial charge in [-0.3, -0.25) is 4.79 Å². The van der Waals surface area contributed by atoms with E-state index in [1.54, 1.807) is 4.52 Å². The summed E-state index contributed by atoms with van der Waals surface area (Å²) in [6.45, 7) is 7.27. The van der Waals surface area contributed by atoms with Crippen LogP contribution in [0.25, 0.3) is 16.9 Å². The standard InChI is InChI=1S/C18H23N7O2/c1-4-11-13(17(20)26)14(10-5-6-21-7-10)23-25-16(19)15(22-18(11)25)12-8(2)24-27-9(12)3/h10,21H,4-7,19H2,1-3H3,(H2,20,26). The van der Waals surface area contributed by atoms with Crippen LogP contribution in [0.5, 0.6) is 0 Å². The zero-order valence-electron chi connectivity index (χ0n) is 15.7. The molecule has 1 atom stereocenters. The van der Waals surface area contributed by atoms with Gasteiger partial charge in [-0.05, 0) is 33.2 Å². The van der Waals surface area contributed by atoms with Crippen molar-refractivity contribution in [2.45, 2.75) is 39.5 Å². The maximum absolute atomic E-state index is 12.3. The first-order chi connectivity index (χ1) is 12.9. The zero-order valence-corrected chi connectivity index (χ0v) is 15.7. The normalized spacial score (nSPS) is 17.1. The van der Waals surface area contributed by atoms with Gasteiger partial charge in [-0.2, -0.15) is 9.61 Å². The number of nitrogens with one attached hydrogen (secondary N) is 1. The highest BCUT2D eigenvalue weighted by Gasteiger charge is 2.30. The van der Waals surface area contributed by atoms with Gasteiger partial charge in [0.1, 0.15) is 11.5 Å². The lowest BCUT2D eigenvalue weighted by Gasteiger charge is -2.16. The summed E-state index contributed by atoms with van der Waals surface area (Å²) < 4.78 is 6.89. The van der Waals surface area contributed by atoms with Crippen LogP contribution in [-0.2, 0) is 6.42 Å². The summed E-state index contributed by atoms with van der Waals surface area (Å²) in [6.07, 6.45) is 1.49. The Bertz CT molecular complexity index is 1020. The Morgan fingerprint density at radius 2 is 2.19 bits per heavy atom. The molecule has 9 nitrogen and oxygen atoms in total. The minimum absolute atomic E-state index is 0.117. The second kappa shape index (κ2) is 6.34. The largest absolute Gasteiger partial charge is 0.382 e. The first-order valence-corrected chi connectivity index (χ1v) is 9.08. The minimum atomic E-state index is -0.482. The Hall–Kier alpha value is -2.94. The van der Waals surface area contributed by atoms with Crippen molar-refractivity contribution in [2.24, 2.45) is 5.73 Å². The number of hydrogen-bond acceptors (Lipinski definition) is 7. The van der Waals surface area contributed by atoms with Crippen molar-refractivity contribution in [3.05, 3.63) is 28.3 Å². The van der Waals surface area contributed by atoms with Crippen LogP contribution >= 0.6 is 0 Å². The third-order valence-electron chi connectivity index (χ3n) is 5.24. The molecule has 0 aromatic carbocycles. The lowest BCUT2D eigenvalue weighted by molar-refractivity contribution is 0.0997. The highest BCUT2D eigenvalue weighted by Crippen LogP contribution is 2.35. The summed E-state index contributed by atoms with van der Waals surface area (Å²) in [6, 6.07) is 0. The van der Waals surface area contributed by atoms with Crippen LogP contribution in [0.15, 0.2) is 4.52 Å². The summed E-state index contributed by atoms with van der Waals surface area (Å²) in [7, 11) is 0. The number of carbonyl (C=O) groups excluding carboxylic acids is 1. The number of nitrogens with zero attached hydrogens (tertiary/aromatic N) is 4. The molecule has 1 saturated heterocycles. The van der Waals surface area contributed by atoms with Gasteiger partial charge in [0.15, 0.2) is 11.5 Å². The van der Waals surface area contributed by atoms with E-state index in [1.807, 2.05) is 20.8 Å². The molecular weight excluding hydrogens is 346 g/mol. The van der Waals surface area contributed by atoms with Gasteiger partial charge in [-0.1, -0.05) is 12.1 Å². The Morgan fingerprint density at radius 3 is 2.74 bits per heavy atom. The summed E-state index contributed by atoms with van der Waals surface area (Å²) in [4.78, 5) is 17.0. The van der Waals surface area contributed by atoms with Gasteiger partial charge in [0.2, 0.25) is 0 Å². The number of carbonyl (C=O) groups is 1. The lowest BCUT2D eigenvalue weighted by atomic mass is 9.95. The Labute approximate surface area is 156 Å². The molecule has 3 aromatic heterocycles. The highest BCUT2D eigenvalue weighted by molar-refractivity contribution is 5.97. The molecule has 0 aliphatic carbocycles. The number of nitrogens with two attached hydrogens (primary N) is 2. The molecule has 1 unspecified atom stereocenters. The second-order valence-electron chi connectivity index (χ2n) is 6.93. The fourth-order valence-corrected chi connectivity index (χ4v) is 3.93. The van der Waals surface area contributed by atoms with Gasteiger partial charge in [0.05, 0.1) is 22.5 Å². The van der Waals surface area contributed by atoms with E-state index in [-0.39, 0.29) is 5.92 Å². The number of amides is 1. The Morgan fingerprint density at radius 1 is 1.41 bits per heavy atom. The maximum atomic E-state index is 12.3. The molecule has 0 bridgehead atoms. The number of aromatic nitrogens is 4. The van der Waals surface area contributed by atoms with Crippen LogP contribution < -0.4 is 16.8 Å². The van der Waals surface area contributed by atoms with E-state index in [0.717, 1.165) is 30.6 Å². The molecule has 4 heterocycles. The summed E-state index contributed by atoms with van der Waals surface area (Å²) >= 11 is 0. The van der Waals surface area contributed by atoms with E-state index < -0.39 is 5.91 Å². The van der Waals surface area contributed by atoms with Crippen molar-refractivity contribution in [3.8, 4) is 11.3 Å². The third-order valence-corrected chi connectivity index (χ3v) is 5.24. The number of aryl methyl sites for hydroxylation is 3. The van der Waals surface area contributed by atoms with Crippen molar-refractivity contribution < 1.29 is 9.32 Å². The fraction of sp³-hybridized carbons (Fsp3) is 0.444. The average Bonchev–Trinajstić information content (AvgIpc) is 3.34. The second-order valence-corrected chi connectivity index (χ2v) is 6.93. The average molecular weight is 369 g/mol. The number of hydrogen-bond donors (Lipinski definition) is 3. The molecule has 4 rings (SSSR count).